The Bertz CT molecular complexity index is 1000. The molecular formula is C21H21N3O2S2. The van der Waals surface area contributed by atoms with Gasteiger partial charge in [-0.15, -0.1) is 11.3 Å². The van der Waals surface area contributed by atoms with Crippen LogP contribution in [0.2, 0.25) is 0 Å². The molecule has 1 aromatic heterocycles. The van der Waals surface area contributed by atoms with E-state index in [4.69, 9.17) is 10.1 Å². The molecule has 1 unspecified atom stereocenters. The summed E-state index contributed by atoms with van der Waals surface area (Å²) in [7, 11) is 0. The molecule has 3 N–H and O–H groups in total. The summed E-state index contributed by atoms with van der Waals surface area (Å²) in [5.41, 5.74) is 4.09. The van der Waals surface area contributed by atoms with Gasteiger partial charge in [-0.3, -0.25) is 0 Å². The largest absolute Gasteiger partial charge is 0.465 e. The van der Waals surface area contributed by atoms with Crippen LogP contribution in [0, 0.1) is 0 Å². The average Bonchev–Trinajstić information content (AvgIpc) is 3.19. The van der Waals surface area contributed by atoms with Crippen molar-refractivity contribution in [3.63, 3.8) is 0 Å². The number of thiazole rings is 1. The van der Waals surface area contributed by atoms with Crippen LogP contribution in [-0.2, 0) is 0 Å². The van der Waals surface area contributed by atoms with Crippen LogP contribution in [-0.4, -0.2) is 16.2 Å². The lowest BCUT2D eigenvalue weighted by Gasteiger charge is -2.21. The molecule has 2 aromatic carbocycles. The van der Waals surface area contributed by atoms with Crippen LogP contribution in [0.1, 0.15) is 37.2 Å². The van der Waals surface area contributed by atoms with E-state index in [1.54, 1.807) is 11.8 Å². The first-order valence-electron chi connectivity index (χ1n) is 9.27. The number of unbranched alkanes of at least 4 members (excludes halogenated alkanes) is 1. The zero-order chi connectivity index (χ0) is 19.5. The Morgan fingerprint density at radius 2 is 2.04 bits per heavy atom. The number of nitrogens with one attached hydrogen (secondary N) is 2. The van der Waals surface area contributed by atoms with Crippen LogP contribution < -0.4 is 10.6 Å². The van der Waals surface area contributed by atoms with Crippen LogP contribution in [0.5, 0.6) is 0 Å². The highest BCUT2D eigenvalue weighted by Crippen LogP contribution is 2.45. The second-order valence-electron chi connectivity index (χ2n) is 6.65. The maximum absolute atomic E-state index is 11.1. The Labute approximate surface area is 172 Å². The van der Waals surface area contributed by atoms with E-state index in [1.165, 1.54) is 21.1 Å². The number of hydrogen-bond acceptors (Lipinski definition) is 5. The molecule has 0 bridgehead atoms. The number of para-hydroxylation sites is 1. The maximum atomic E-state index is 11.1. The van der Waals surface area contributed by atoms with Crippen molar-refractivity contribution in [2.45, 2.75) is 42.0 Å². The Kier molecular flexibility index (Phi) is 5.54. The summed E-state index contributed by atoms with van der Waals surface area (Å²) >= 11 is 3.27. The highest BCUT2D eigenvalue weighted by molar-refractivity contribution is 7.99. The highest BCUT2D eigenvalue weighted by Gasteiger charge is 2.19. The summed E-state index contributed by atoms with van der Waals surface area (Å²) in [5.74, 6) is 0. The van der Waals surface area contributed by atoms with Crippen molar-refractivity contribution in [2.75, 3.05) is 5.32 Å². The monoisotopic (exact) mass is 411 g/mol. The summed E-state index contributed by atoms with van der Waals surface area (Å²) in [4.78, 5) is 18.3. The summed E-state index contributed by atoms with van der Waals surface area (Å²) < 4.78 is 0. The van der Waals surface area contributed by atoms with Crippen LogP contribution in [0.4, 0.5) is 16.2 Å². The number of aromatic nitrogens is 1. The van der Waals surface area contributed by atoms with Gasteiger partial charge < -0.3 is 15.7 Å². The molecular weight excluding hydrogens is 390 g/mol. The van der Waals surface area contributed by atoms with Gasteiger partial charge in [0.1, 0.15) is 5.01 Å². The lowest BCUT2D eigenvalue weighted by Crippen LogP contribution is -2.26. The fourth-order valence-corrected chi connectivity index (χ4v) is 5.08. The van der Waals surface area contributed by atoms with Crippen molar-refractivity contribution in [3.8, 4) is 11.3 Å². The number of carbonyl (C=O) groups is 1. The van der Waals surface area contributed by atoms with Gasteiger partial charge in [-0.05, 0) is 30.7 Å². The molecule has 1 aliphatic heterocycles. The second-order valence-corrected chi connectivity index (χ2v) is 8.62. The van der Waals surface area contributed by atoms with Gasteiger partial charge in [-0.2, -0.15) is 0 Å². The molecule has 144 valence electrons. The van der Waals surface area contributed by atoms with Gasteiger partial charge >= 0.3 is 6.09 Å². The van der Waals surface area contributed by atoms with Crippen LogP contribution >= 0.6 is 23.1 Å². The highest BCUT2D eigenvalue weighted by atomic mass is 32.2. The zero-order valence-electron chi connectivity index (χ0n) is 15.4. The maximum Gasteiger partial charge on any atom is 0.405 e. The molecule has 1 amide bonds. The third kappa shape index (κ3) is 4.00. The Morgan fingerprint density at radius 3 is 2.86 bits per heavy atom. The van der Waals surface area contributed by atoms with Gasteiger partial charge in [0.25, 0.3) is 0 Å². The van der Waals surface area contributed by atoms with Gasteiger partial charge in [0.2, 0.25) is 0 Å². The molecule has 3 aromatic rings. The number of benzene rings is 2. The first-order valence-corrected chi connectivity index (χ1v) is 11.0. The number of nitrogens with zero attached hydrogens (tertiary/aromatic N) is 1. The lowest BCUT2D eigenvalue weighted by atomic mass is 10.1. The topological polar surface area (TPSA) is 74.2 Å². The standard InChI is InChI=1S/C21H21N3O2S2/c1-2-3-6-15(24-21(25)26)20-23-17(12-27-20)13-9-10-19-16(11-13)22-14-7-4-5-8-18(14)28-19/h4-5,7-12,15,22,24H,2-3,6H2,1H3,(H,25,26). The predicted octanol–water partition coefficient (Wildman–Crippen LogP) is 6.52. The molecule has 4 rings (SSSR count). The Hall–Kier alpha value is -2.51. The molecule has 1 aliphatic rings. The van der Waals surface area contributed by atoms with Gasteiger partial charge in [0.15, 0.2) is 0 Å². The van der Waals surface area contributed by atoms with Crippen LogP contribution in [0.15, 0.2) is 57.6 Å². The number of anilines is 2. The van der Waals surface area contributed by atoms with Crippen molar-refractivity contribution >= 4 is 40.6 Å². The summed E-state index contributed by atoms with van der Waals surface area (Å²) in [6.07, 6.45) is 1.73. The minimum Gasteiger partial charge on any atom is -0.465 e. The quantitative estimate of drug-likeness (QED) is 0.337. The molecule has 0 saturated carbocycles. The molecule has 0 aliphatic carbocycles. The van der Waals surface area contributed by atoms with E-state index >= 15 is 0 Å². The zero-order valence-corrected chi connectivity index (χ0v) is 17.1. The fourth-order valence-electron chi connectivity index (χ4n) is 3.19. The van der Waals surface area contributed by atoms with Crippen LogP contribution in [0.25, 0.3) is 11.3 Å². The van der Waals surface area contributed by atoms with E-state index in [1.807, 2.05) is 17.5 Å². The van der Waals surface area contributed by atoms with E-state index in [-0.39, 0.29) is 6.04 Å². The normalized spacial score (nSPS) is 13.2. The van der Waals surface area contributed by atoms with Crippen molar-refractivity contribution in [1.29, 1.82) is 0 Å². The Morgan fingerprint density at radius 1 is 1.21 bits per heavy atom. The second kappa shape index (κ2) is 8.24. The number of hydrogen-bond donors (Lipinski definition) is 3. The number of fused-ring (bicyclic) bond motifs is 2. The van der Waals surface area contributed by atoms with E-state index < -0.39 is 6.09 Å². The molecule has 28 heavy (non-hydrogen) atoms. The van der Waals surface area contributed by atoms with E-state index in [2.05, 4.69) is 47.9 Å². The molecule has 0 saturated heterocycles. The summed E-state index contributed by atoms with van der Waals surface area (Å²) in [6, 6.07) is 14.3. The average molecular weight is 412 g/mol. The molecule has 7 heteroatoms. The minimum atomic E-state index is -1.01. The van der Waals surface area contributed by atoms with Gasteiger partial charge in [-0.25, -0.2) is 9.78 Å². The first kappa shape index (κ1) is 18.8. The summed E-state index contributed by atoms with van der Waals surface area (Å²) in [6.45, 7) is 2.10. The SMILES string of the molecule is CCCCC(NC(=O)O)c1nc(-c2ccc3c(c2)Nc2ccccc2S3)cs1. The molecule has 1 atom stereocenters. The van der Waals surface area contributed by atoms with E-state index in [0.717, 1.165) is 46.9 Å². The lowest BCUT2D eigenvalue weighted by molar-refractivity contribution is 0.189. The smallest absolute Gasteiger partial charge is 0.405 e. The first-order chi connectivity index (χ1) is 13.6. The molecule has 0 radical (unpaired) electrons. The minimum absolute atomic E-state index is 0.255. The molecule has 2 heterocycles. The third-order valence-electron chi connectivity index (χ3n) is 4.62. The van der Waals surface area contributed by atoms with Crippen LogP contribution in [0.3, 0.4) is 0 Å². The van der Waals surface area contributed by atoms with Crippen molar-refractivity contribution in [2.24, 2.45) is 0 Å². The predicted molar refractivity (Wildman–Crippen MR) is 115 cm³/mol. The van der Waals surface area contributed by atoms with E-state index in [0.29, 0.717) is 0 Å². The summed E-state index contributed by atoms with van der Waals surface area (Å²) in [5, 5.41) is 18.1. The number of amides is 1. The van der Waals surface area contributed by atoms with Crippen molar-refractivity contribution < 1.29 is 9.90 Å². The van der Waals surface area contributed by atoms with Gasteiger partial charge in [-0.1, -0.05) is 49.7 Å². The van der Waals surface area contributed by atoms with Gasteiger partial charge in [0.05, 0.1) is 23.1 Å². The number of carboxylic acid groups (broad SMARTS) is 1. The molecule has 0 spiro atoms. The Balaban J connectivity index is 1.58. The molecule has 0 fully saturated rings. The third-order valence-corrected chi connectivity index (χ3v) is 6.73. The van der Waals surface area contributed by atoms with Crippen molar-refractivity contribution in [1.82, 2.24) is 10.3 Å². The van der Waals surface area contributed by atoms with Gasteiger partial charge in [0, 0.05) is 20.7 Å². The molecule has 5 nitrogen and oxygen atoms in total. The number of rotatable bonds is 6. The van der Waals surface area contributed by atoms with Crippen molar-refractivity contribution in [3.05, 3.63) is 52.9 Å². The fraction of sp³-hybridized carbons (Fsp3) is 0.238. The van der Waals surface area contributed by atoms with E-state index in [9.17, 15) is 4.79 Å².